The summed E-state index contributed by atoms with van der Waals surface area (Å²) in [4.78, 5) is 12.4. The van der Waals surface area contributed by atoms with Crippen LogP contribution in [0.1, 0.15) is 54.1 Å². The summed E-state index contributed by atoms with van der Waals surface area (Å²) < 4.78 is 69.8. The number of benzene rings is 1. The van der Waals surface area contributed by atoms with Crippen LogP contribution in [-0.4, -0.2) is 25.1 Å². The van der Waals surface area contributed by atoms with Crippen molar-refractivity contribution < 1.29 is 30.9 Å². The number of carbonyl (C=O) groups excluding carboxylic acids is 1. The van der Waals surface area contributed by atoms with Gasteiger partial charge >= 0.3 is 6.18 Å². The van der Waals surface area contributed by atoms with Crippen LogP contribution in [0.5, 0.6) is 0 Å². The van der Waals surface area contributed by atoms with Crippen LogP contribution in [0.2, 0.25) is 0 Å². The van der Waals surface area contributed by atoms with Crippen LogP contribution in [0, 0.1) is 0 Å². The fourth-order valence-electron chi connectivity index (χ4n) is 2.71. The summed E-state index contributed by atoms with van der Waals surface area (Å²) in [6.07, 6.45) is -3.45. The van der Waals surface area contributed by atoms with E-state index in [0.717, 1.165) is 18.2 Å². The minimum Gasteiger partial charge on any atom is -0.359 e. The molecule has 0 spiro atoms. The Kier molecular flexibility index (Phi) is 4.25. The number of nitrogens with zero attached hydrogens (tertiary/aromatic N) is 1. The number of hydrogen-bond donors (Lipinski definition) is 0. The monoisotopic (exact) mass is 387 g/mol. The fourth-order valence-corrected chi connectivity index (χ4v) is 3.99. The maximum absolute atomic E-state index is 13.2. The predicted molar refractivity (Wildman–Crippen MR) is 85.7 cm³/mol. The third-order valence-electron chi connectivity index (χ3n) is 4.58. The zero-order chi connectivity index (χ0) is 19.3. The summed E-state index contributed by atoms with van der Waals surface area (Å²) in [5, 5.41) is 3.57. The topological polar surface area (TPSA) is 77.2 Å². The Labute approximate surface area is 148 Å². The van der Waals surface area contributed by atoms with Crippen LogP contribution in [0.4, 0.5) is 13.2 Å². The van der Waals surface area contributed by atoms with E-state index >= 15 is 0 Å². The average molecular weight is 387 g/mol. The van der Waals surface area contributed by atoms with E-state index in [0.29, 0.717) is 12.8 Å². The van der Waals surface area contributed by atoms with Crippen LogP contribution in [0.3, 0.4) is 0 Å². The maximum Gasteiger partial charge on any atom is 0.417 e. The van der Waals surface area contributed by atoms with E-state index in [2.05, 4.69) is 5.16 Å². The molecular formula is C17H16F3NO4S. The van der Waals surface area contributed by atoms with Crippen molar-refractivity contribution in [1.29, 1.82) is 0 Å². The Morgan fingerprint density at radius 1 is 1.27 bits per heavy atom. The van der Waals surface area contributed by atoms with Crippen molar-refractivity contribution in [2.24, 2.45) is 0 Å². The molecule has 0 N–H and O–H groups in total. The van der Waals surface area contributed by atoms with E-state index < -0.39 is 44.0 Å². The zero-order valence-corrected chi connectivity index (χ0v) is 14.9. The molecule has 9 heteroatoms. The molecule has 140 valence electrons. The number of ketones is 1. The van der Waals surface area contributed by atoms with Gasteiger partial charge in [0, 0.05) is 11.0 Å². The summed E-state index contributed by atoms with van der Waals surface area (Å²) in [7, 11) is -3.92. The lowest BCUT2D eigenvalue weighted by Gasteiger charge is -2.12. The lowest BCUT2D eigenvalue weighted by Crippen LogP contribution is -2.18. The first-order chi connectivity index (χ1) is 12.0. The van der Waals surface area contributed by atoms with E-state index in [1.165, 1.54) is 13.0 Å². The fraction of sp³-hybridized carbons (Fsp3) is 0.412. The molecule has 0 bridgehead atoms. The molecule has 0 unspecified atom stereocenters. The highest BCUT2D eigenvalue weighted by molar-refractivity contribution is 7.91. The number of sulfone groups is 1. The SMILES string of the molecule is CCS(=O)(=O)c1c(C(=O)c2ccccc2C(F)(F)F)noc1C1(C)CC1. The molecule has 0 amide bonds. The molecule has 1 heterocycles. The van der Waals surface area contributed by atoms with Crippen molar-refractivity contribution in [2.75, 3.05) is 5.75 Å². The van der Waals surface area contributed by atoms with Crippen LogP contribution < -0.4 is 0 Å². The van der Waals surface area contributed by atoms with Gasteiger partial charge in [-0.05, 0) is 18.9 Å². The quantitative estimate of drug-likeness (QED) is 0.730. The first-order valence-electron chi connectivity index (χ1n) is 7.95. The molecule has 26 heavy (non-hydrogen) atoms. The van der Waals surface area contributed by atoms with E-state index in [-0.39, 0.29) is 16.4 Å². The standard InChI is InChI=1S/C17H16F3NO4S/c1-3-26(23,24)14-12(21-25-15(14)16(2)8-9-16)13(22)10-6-4-5-7-11(10)17(18,19)20/h4-7H,3,8-9H2,1-2H3. The van der Waals surface area contributed by atoms with Gasteiger partial charge in [0.25, 0.3) is 0 Å². The van der Waals surface area contributed by atoms with Crippen LogP contribution in [0.15, 0.2) is 33.7 Å². The minimum absolute atomic E-state index is 0.0483. The van der Waals surface area contributed by atoms with Crippen LogP contribution in [0.25, 0.3) is 0 Å². The molecule has 0 saturated heterocycles. The molecule has 1 fully saturated rings. The van der Waals surface area contributed by atoms with Gasteiger partial charge in [-0.25, -0.2) is 8.42 Å². The van der Waals surface area contributed by atoms with Gasteiger partial charge in [-0.3, -0.25) is 4.79 Å². The summed E-state index contributed by atoms with van der Waals surface area (Å²) in [5.41, 5.74) is -2.96. The Balaban J connectivity index is 2.21. The molecule has 3 rings (SSSR count). The Morgan fingerprint density at radius 2 is 1.88 bits per heavy atom. The largest absolute Gasteiger partial charge is 0.417 e. The van der Waals surface area contributed by atoms with E-state index in [1.54, 1.807) is 6.92 Å². The molecule has 1 aromatic carbocycles. The second-order valence-electron chi connectivity index (χ2n) is 6.53. The summed E-state index contributed by atoms with van der Waals surface area (Å²) in [6, 6.07) is 4.20. The van der Waals surface area contributed by atoms with Crippen LogP contribution >= 0.6 is 0 Å². The maximum atomic E-state index is 13.2. The van der Waals surface area contributed by atoms with Crippen molar-refractivity contribution in [1.82, 2.24) is 5.16 Å². The van der Waals surface area contributed by atoms with Crippen molar-refractivity contribution in [3.63, 3.8) is 0 Å². The summed E-state index contributed by atoms with van der Waals surface area (Å²) in [6.45, 7) is 3.15. The first-order valence-corrected chi connectivity index (χ1v) is 9.60. The van der Waals surface area contributed by atoms with E-state index in [9.17, 15) is 26.4 Å². The zero-order valence-electron chi connectivity index (χ0n) is 14.1. The number of rotatable bonds is 5. The Bertz CT molecular complexity index is 972. The third-order valence-corrected chi connectivity index (χ3v) is 6.34. The summed E-state index contributed by atoms with van der Waals surface area (Å²) in [5.74, 6) is -1.39. The van der Waals surface area contributed by atoms with Crippen molar-refractivity contribution in [3.05, 3.63) is 46.8 Å². The molecule has 0 atom stereocenters. The number of alkyl halides is 3. The van der Waals surface area contributed by atoms with Crippen molar-refractivity contribution in [2.45, 2.75) is 43.2 Å². The van der Waals surface area contributed by atoms with Gasteiger partial charge in [0.05, 0.1) is 11.3 Å². The van der Waals surface area contributed by atoms with Gasteiger partial charge in [0.15, 0.2) is 21.3 Å². The van der Waals surface area contributed by atoms with Gasteiger partial charge in [0.2, 0.25) is 5.78 Å². The Hall–Kier alpha value is -2.16. The van der Waals surface area contributed by atoms with Gasteiger partial charge in [0.1, 0.15) is 4.90 Å². The van der Waals surface area contributed by atoms with Crippen LogP contribution in [-0.2, 0) is 21.4 Å². The van der Waals surface area contributed by atoms with Gasteiger partial charge < -0.3 is 4.52 Å². The molecule has 0 radical (unpaired) electrons. The third kappa shape index (κ3) is 3.04. The number of hydrogen-bond acceptors (Lipinski definition) is 5. The normalized spacial score (nSPS) is 16.5. The second-order valence-corrected chi connectivity index (χ2v) is 8.74. The highest BCUT2D eigenvalue weighted by atomic mass is 32.2. The smallest absolute Gasteiger partial charge is 0.359 e. The first kappa shape index (κ1) is 18.6. The van der Waals surface area contributed by atoms with Gasteiger partial charge in [-0.2, -0.15) is 13.2 Å². The molecule has 1 aliphatic rings. The average Bonchev–Trinajstić information content (AvgIpc) is 3.16. The van der Waals surface area contributed by atoms with Crippen molar-refractivity contribution >= 4 is 15.6 Å². The van der Waals surface area contributed by atoms with E-state index in [4.69, 9.17) is 4.52 Å². The van der Waals surface area contributed by atoms with Gasteiger partial charge in [-0.1, -0.05) is 37.2 Å². The molecule has 2 aromatic rings. The minimum atomic E-state index is -4.76. The molecule has 5 nitrogen and oxygen atoms in total. The predicted octanol–water partition coefficient (Wildman–Crippen LogP) is 3.77. The summed E-state index contributed by atoms with van der Waals surface area (Å²) >= 11 is 0. The molecule has 1 saturated carbocycles. The van der Waals surface area contributed by atoms with Gasteiger partial charge in [-0.15, -0.1) is 0 Å². The number of carbonyl (C=O) groups is 1. The lowest BCUT2D eigenvalue weighted by atomic mass is 9.99. The number of halogens is 3. The lowest BCUT2D eigenvalue weighted by molar-refractivity contribution is -0.137. The molecular weight excluding hydrogens is 371 g/mol. The highest BCUT2D eigenvalue weighted by Crippen LogP contribution is 2.50. The molecule has 0 aliphatic heterocycles. The molecule has 1 aromatic heterocycles. The Morgan fingerprint density at radius 3 is 2.42 bits per heavy atom. The second kappa shape index (κ2) is 5.94. The highest BCUT2D eigenvalue weighted by Gasteiger charge is 2.49. The molecule has 1 aliphatic carbocycles. The van der Waals surface area contributed by atoms with Crippen molar-refractivity contribution in [3.8, 4) is 0 Å². The van der Waals surface area contributed by atoms with E-state index in [1.807, 2.05) is 0 Å². The number of aromatic nitrogens is 1.